The molecule has 202 valence electrons. The summed E-state index contributed by atoms with van der Waals surface area (Å²) in [5, 5.41) is 4.37. The Hall–Kier alpha value is -2.71. The summed E-state index contributed by atoms with van der Waals surface area (Å²) in [6.45, 7) is 10.6. The summed E-state index contributed by atoms with van der Waals surface area (Å²) < 4.78 is 0. The summed E-state index contributed by atoms with van der Waals surface area (Å²) in [7, 11) is 0. The molecule has 8 heteroatoms. The van der Waals surface area contributed by atoms with E-state index in [1.807, 2.05) is 28.4 Å². The van der Waals surface area contributed by atoms with Gasteiger partial charge in [-0.1, -0.05) is 45.2 Å². The zero-order valence-electron chi connectivity index (χ0n) is 22.8. The van der Waals surface area contributed by atoms with Gasteiger partial charge in [0, 0.05) is 55.8 Å². The number of hydrogen-bond acceptors (Lipinski definition) is 6. The molecular weight excluding hydrogens is 492 g/mol. The highest BCUT2D eigenvalue weighted by Gasteiger charge is 2.30. The van der Waals surface area contributed by atoms with Crippen LogP contribution < -0.4 is 10.2 Å². The minimum absolute atomic E-state index is 0.0165. The molecule has 0 atom stereocenters. The Morgan fingerprint density at radius 1 is 1.00 bits per heavy atom. The van der Waals surface area contributed by atoms with Crippen LogP contribution in [0.2, 0.25) is 0 Å². The van der Waals surface area contributed by atoms with E-state index in [-0.39, 0.29) is 6.03 Å². The number of anilines is 2. The number of rotatable bonds is 5. The highest BCUT2D eigenvalue weighted by atomic mass is 32.1. The topological polar surface area (TPSA) is 64.6 Å². The molecule has 1 N–H and O–H groups in total. The van der Waals surface area contributed by atoms with Crippen LogP contribution in [0, 0.1) is 0 Å². The average Bonchev–Trinajstić information content (AvgIpc) is 3.35. The van der Waals surface area contributed by atoms with Crippen molar-refractivity contribution >= 4 is 39.1 Å². The Labute approximate surface area is 230 Å². The first-order valence-electron chi connectivity index (χ1n) is 14.6. The number of nitrogens with zero attached hydrogens (tertiary/aromatic N) is 5. The molecule has 1 saturated heterocycles. The van der Waals surface area contributed by atoms with Gasteiger partial charge in [-0.25, -0.2) is 14.8 Å². The van der Waals surface area contributed by atoms with Gasteiger partial charge in [-0.2, -0.15) is 0 Å². The van der Waals surface area contributed by atoms with E-state index < -0.39 is 0 Å². The molecule has 2 aromatic heterocycles. The monoisotopic (exact) mass is 532 g/mol. The summed E-state index contributed by atoms with van der Waals surface area (Å²) in [6.07, 6.45) is 8.37. The maximum atomic E-state index is 13.0. The number of nitrogens with one attached hydrogen (secondary N) is 1. The lowest BCUT2D eigenvalue weighted by Crippen LogP contribution is -2.50. The van der Waals surface area contributed by atoms with E-state index in [9.17, 15) is 4.79 Å². The fourth-order valence-electron chi connectivity index (χ4n) is 6.23. The van der Waals surface area contributed by atoms with Crippen molar-refractivity contribution in [3.8, 4) is 0 Å². The van der Waals surface area contributed by atoms with Crippen molar-refractivity contribution in [1.82, 2.24) is 19.8 Å². The first-order chi connectivity index (χ1) is 18.6. The molecular formula is C30H40N6OS. The number of fused-ring (bicyclic) bond motifs is 3. The van der Waals surface area contributed by atoms with Crippen molar-refractivity contribution in [2.24, 2.45) is 0 Å². The predicted octanol–water partition coefficient (Wildman–Crippen LogP) is 6.03. The number of benzene rings is 1. The van der Waals surface area contributed by atoms with Gasteiger partial charge in [0.2, 0.25) is 0 Å². The van der Waals surface area contributed by atoms with Gasteiger partial charge in [0.15, 0.2) is 0 Å². The van der Waals surface area contributed by atoms with Crippen molar-refractivity contribution in [1.29, 1.82) is 0 Å². The van der Waals surface area contributed by atoms with Gasteiger partial charge in [0.25, 0.3) is 0 Å². The highest BCUT2D eigenvalue weighted by Crippen LogP contribution is 2.41. The standard InChI is InChI=1S/C30H40N6OS/c1-3-21-10-12-23(13-11-21)31-30(37)36-18-16-35(17-19-36)28-26-24-14-15-34(4-2)20-25(24)38-29(26)33-27(32-28)22-8-6-5-7-9-22/h10-13,22H,3-9,14-20H2,1-2H3,(H,31,37). The summed E-state index contributed by atoms with van der Waals surface area (Å²) in [5.41, 5.74) is 3.60. The van der Waals surface area contributed by atoms with E-state index in [1.54, 1.807) is 0 Å². The third-order valence-corrected chi connectivity index (χ3v) is 9.79. The van der Waals surface area contributed by atoms with E-state index in [0.717, 1.165) is 62.9 Å². The molecule has 0 unspecified atom stereocenters. The first-order valence-corrected chi connectivity index (χ1v) is 15.4. The molecule has 1 aliphatic carbocycles. The Morgan fingerprint density at radius 2 is 1.76 bits per heavy atom. The second-order valence-corrected chi connectivity index (χ2v) is 12.1. The number of aromatic nitrogens is 2. The van der Waals surface area contributed by atoms with Crippen molar-refractivity contribution in [3.05, 3.63) is 46.1 Å². The number of carbonyl (C=O) groups is 1. The van der Waals surface area contributed by atoms with Crippen LogP contribution in [-0.4, -0.2) is 65.1 Å². The molecule has 7 nitrogen and oxygen atoms in total. The van der Waals surface area contributed by atoms with Crippen LogP contribution in [0.1, 0.15) is 73.7 Å². The Balaban J connectivity index is 1.24. The zero-order valence-corrected chi connectivity index (χ0v) is 23.7. The van der Waals surface area contributed by atoms with E-state index in [1.165, 1.54) is 58.3 Å². The minimum Gasteiger partial charge on any atom is -0.352 e. The number of aryl methyl sites for hydroxylation is 1. The summed E-state index contributed by atoms with van der Waals surface area (Å²) in [4.78, 5) is 33.1. The maximum Gasteiger partial charge on any atom is 0.321 e. The lowest BCUT2D eigenvalue weighted by molar-refractivity contribution is 0.208. The molecule has 2 fully saturated rings. The van der Waals surface area contributed by atoms with Crippen molar-refractivity contribution in [2.75, 3.05) is 49.5 Å². The Kier molecular flexibility index (Phi) is 7.52. The first kappa shape index (κ1) is 25.6. The van der Waals surface area contributed by atoms with Gasteiger partial charge in [-0.15, -0.1) is 11.3 Å². The second-order valence-electron chi connectivity index (χ2n) is 11.0. The van der Waals surface area contributed by atoms with E-state index in [0.29, 0.717) is 19.0 Å². The third kappa shape index (κ3) is 5.13. The molecule has 4 heterocycles. The number of carbonyl (C=O) groups excluding carboxylic acids is 1. The number of piperazine rings is 1. The molecule has 6 rings (SSSR count). The molecule has 0 bridgehead atoms. The fraction of sp³-hybridized carbons (Fsp3) is 0.567. The van der Waals surface area contributed by atoms with Crippen LogP contribution in [0.15, 0.2) is 24.3 Å². The smallest absolute Gasteiger partial charge is 0.321 e. The number of thiophene rings is 1. The Morgan fingerprint density at radius 3 is 2.47 bits per heavy atom. The van der Waals surface area contributed by atoms with E-state index >= 15 is 0 Å². The van der Waals surface area contributed by atoms with E-state index in [2.05, 4.69) is 41.1 Å². The summed E-state index contributed by atoms with van der Waals surface area (Å²) >= 11 is 1.89. The number of likely N-dealkylation sites (N-methyl/N-ethyl adjacent to an activating group) is 1. The maximum absolute atomic E-state index is 13.0. The largest absolute Gasteiger partial charge is 0.352 e. The second kappa shape index (κ2) is 11.2. The summed E-state index contributed by atoms with van der Waals surface area (Å²) in [5.74, 6) is 2.64. The number of urea groups is 1. The van der Waals surface area contributed by atoms with Gasteiger partial charge in [0.05, 0.1) is 5.39 Å². The van der Waals surface area contributed by atoms with Crippen LogP contribution in [0.3, 0.4) is 0 Å². The molecule has 3 aromatic rings. The van der Waals surface area contributed by atoms with Gasteiger partial charge in [-0.3, -0.25) is 4.90 Å². The Bertz CT molecular complexity index is 1270. The number of hydrogen-bond donors (Lipinski definition) is 1. The lowest BCUT2D eigenvalue weighted by atomic mass is 9.88. The fourth-order valence-corrected chi connectivity index (χ4v) is 7.50. The van der Waals surface area contributed by atoms with Crippen molar-refractivity contribution < 1.29 is 4.79 Å². The number of amides is 2. The predicted molar refractivity (Wildman–Crippen MR) is 157 cm³/mol. The lowest BCUT2D eigenvalue weighted by Gasteiger charge is -2.36. The molecule has 1 aromatic carbocycles. The van der Waals surface area contributed by atoms with Gasteiger partial charge >= 0.3 is 6.03 Å². The van der Waals surface area contributed by atoms with Crippen LogP contribution in [-0.2, 0) is 19.4 Å². The van der Waals surface area contributed by atoms with Gasteiger partial charge in [-0.05, 0) is 55.5 Å². The molecule has 0 spiro atoms. The normalized spacial score (nSPS) is 19.1. The molecule has 3 aliphatic rings. The van der Waals surface area contributed by atoms with Crippen LogP contribution in [0.5, 0.6) is 0 Å². The van der Waals surface area contributed by atoms with Crippen molar-refractivity contribution in [3.63, 3.8) is 0 Å². The molecule has 2 amide bonds. The molecule has 2 aliphatic heterocycles. The van der Waals surface area contributed by atoms with Crippen LogP contribution >= 0.6 is 11.3 Å². The van der Waals surface area contributed by atoms with E-state index in [4.69, 9.17) is 9.97 Å². The minimum atomic E-state index is -0.0165. The zero-order chi connectivity index (χ0) is 26.1. The van der Waals surface area contributed by atoms with Gasteiger partial charge in [0.1, 0.15) is 16.5 Å². The quantitative estimate of drug-likeness (QED) is 0.434. The molecule has 1 saturated carbocycles. The summed E-state index contributed by atoms with van der Waals surface area (Å²) in [6, 6.07) is 8.14. The molecule has 0 radical (unpaired) electrons. The average molecular weight is 533 g/mol. The van der Waals surface area contributed by atoms with Gasteiger partial charge < -0.3 is 15.1 Å². The van der Waals surface area contributed by atoms with Crippen LogP contribution in [0.25, 0.3) is 10.2 Å². The SMILES string of the molecule is CCc1ccc(NC(=O)N2CCN(c3nc(C4CCCCC4)nc4sc5c(c34)CCN(CC)C5)CC2)cc1. The molecule has 38 heavy (non-hydrogen) atoms. The van der Waals surface area contributed by atoms with Crippen molar-refractivity contribution in [2.45, 2.75) is 71.3 Å². The van der Waals surface area contributed by atoms with Crippen LogP contribution in [0.4, 0.5) is 16.3 Å². The highest BCUT2D eigenvalue weighted by molar-refractivity contribution is 7.19. The third-order valence-electron chi connectivity index (χ3n) is 8.67.